The minimum absolute atomic E-state index is 0.201. The molecule has 2 aliphatic heterocycles. The summed E-state index contributed by atoms with van der Waals surface area (Å²) < 4.78 is 0. The van der Waals surface area contributed by atoms with Gasteiger partial charge in [-0.1, -0.05) is 35.9 Å². The summed E-state index contributed by atoms with van der Waals surface area (Å²) in [5.41, 5.74) is 0.932. The number of imide groups is 1. The van der Waals surface area contributed by atoms with Crippen LogP contribution in [-0.4, -0.2) is 35.2 Å². The van der Waals surface area contributed by atoms with Crippen LogP contribution in [0.15, 0.2) is 48.5 Å². The second kappa shape index (κ2) is 6.57. The molecule has 0 aromatic heterocycles. The number of amides is 3. The van der Waals surface area contributed by atoms with E-state index in [0.29, 0.717) is 24.2 Å². The van der Waals surface area contributed by atoms with Crippen molar-refractivity contribution >= 4 is 35.0 Å². The second-order valence-electron chi connectivity index (χ2n) is 6.49. The van der Waals surface area contributed by atoms with Crippen LogP contribution in [0.1, 0.15) is 40.0 Å². The van der Waals surface area contributed by atoms with Gasteiger partial charge in [0.05, 0.1) is 21.8 Å². The van der Waals surface area contributed by atoms with Crippen molar-refractivity contribution in [1.29, 1.82) is 0 Å². The largest absolute Gasteiger partial charge is 0.327 e. The molecule has 1 atom stereocenters. The number of nitrogens with zero attached hydrogens (tertiary/aromatic N) is 2. The fraction of sp³-hybridized carbons (Fsp3) is 0.250. The molecule has 2 aromatic carbocycles. The first kappa shape index (κ1) is 16.8. The molecular formula is C20H17ClN2O3. The van der Waals surface area contributed by atoms with E-state index in [1.807, 2.05) is 0 Å². The van der Waals surface area contributed by atoms with Gasteiger partial charge < -0.3 is 4.90 Å². The zero-order chi connectivity index (χ0) is 18.3. The third-order valence-corrected chi connectivity index (χ3v) is 5.28. The molecule has 0 spiro atoms. The SMILES string of the molecule is O=C(c1ccccc1Cl)N1C(=O)C2CCCCN2C(=O)c2ccccc21. The fourth-order valence-corrected chi connectivity index (χ4v) is 3.88. The van der Waals surface area contributed by atoms with E-state index in [-0.39, 0.29) is 22.4 Å². The lowest BCUT2D eigenvalue weighted by molar-refractivity contribution is -0.123. The predicted octanol–water partition coefficient (Wildman–Crippen LogP) is 3.52. The lowest BCUT2D eigenvalue weighted by Crippen LogP contribution is -2.52. The summed E-state index contributed by atoms with van der Waals surface area (Å²) in [4.78, 5) is 42.2. The Kier molecular flexibility index (Phi) is 4.24. The van der Waals surface area contributed by atoms with Gasteiger partial charge in [-0.3, -0.25) is 14.4 Å². The van der Waals surface area contributed by atoms with Crippen LogP contribution in [0.2, 0.25) is 5.02 Å². The molecule has 2 heterocycles. The molecule has 1 saturated heterocycles. The molecule has 132 valence electrons. The van der Waals surface area contributed by atoms with E-state index in [1.54, 1.807) is 53.4 Å². The predicted molar refractivity (Wildman–Crippen MR) is 98.4 cm³/mol. The molecule has 26 heavy (non-hydrogen) atoms. The van der Waals surface area contributed by atoms with Crippen molar-refractivity contribution in [2.24, 2.45) is 0 Å². The van der Waals surface area contributed by atoms with Crippen LogP contribution >= 0.6 is 11.6 Å². The molecule has 4 rings (SSSR count). The zero-order valence-electron chi connectivity index (χ0n) is 14.0. The maximum atomic E-state index is 13.3. The summed E-state index contributed by atoms with van der Waals surface area (Å²) in [6, 6.07) is 12.8. The molecule has 1 unspecified atom stereocenters. The van der Waals surface area contributed by atoms with Gasteiger partial charge in [0.1, 0.15) is 6.04 Å². The summed E-state index contributed by atoms with van der Waals surface area (Å²) in [6.45, 7) is 0.525. The highest BCUT2D eigenvalue weighted by atomic mass is 35.5. The van der Waals surface area contributed by atoms with E-state index in [2.05, 4.69) is 0 Å². The maximum absolute atomic E-state index is 13.3. The van der Waals surface area contributed by atoms with Crippen molar-refractivity contribution in [3.8, 4) is 0 Å². The molecule has 3 amide bonds. The van der Waals surface area contributed by atoms with Gasteiger partial charge >= 0.3 is 0 Å². The number of hydrogen-bond donors (Lipinski definition) is 0. The minimum Gasteiger partial charge on any atom is -0.327 e. The first-order valence-electron chi connectivity index (χ1n) is 8.62. The van der Waals surface area contributed by atoms with Crippen molar-refractivity contribution < 1.29 is 14.4 Å². The van der Waals surface area contributed by atoms with Crippen LogP contribution in [0.3, 0.4) is 0 Å². The average molecular weight is 369 g/mol. The second-order valence-corrected chi connectivity index (χ2v) is 6.89. The molecule has 6 heteroatoms. The highest BCUT2D eigenvalue weighted by molar-refractivity contribution is 6.36. The van der Waals surface area contributed by atoms with Gasteiger partial charge in [-0.25, -0.2) is 4.90 Å². The molecule has 2 aromatic rings. The molecule has 5 nitrogen and oxygen atoms in total. The number of anilines is 1. The van der Waals surface area contributed by atoms with Gasteiger partial charge in [0, 0.05) is 6.54 Å². The maximum Gasteiger partial charge on any atom is 0.266 e. The van der Waals surface area contributed by atoms with Crippen LogP contribution < -0.4 is 4.90 Å². The van der Waals surface area contributed by atoms with E-state index >= 15 is 0 Å². The third-order valence-electron chi connectivity index (χ3n) is 4.95. The van der Waals surface area contributed by atoms with Gasteiger partial charge in [0.15, 0.2) is 0 Å². The van der Waals surface area contributed by atoms with Crippen LogP contribution in [0.25, 0.3) is 0 Å². The van der Waals surface area contributed by atoms with Gasteiger partial charge in [0.25, 0.3) is 17.7 Å². The lowest BCUT2D eigenvalue weighted by atomic mass is 10.0. The summed E-state index contributed by atoms with van der Waals surface area (Å²) in [7, 11) is 0. The first-order valence-corrected chi connectivity index (χ1v) is 9.00. The lowest BCUT2D eigenvalue weighted by Gasteiger charge is -2.34. The number of para-hydroxylation sites is 1. The van der Waals surface area contributed by atoms with Crippen LogP contribution in [-0.2, 0) is 4.79 Å². The van der Waals surface area contributed by atoms with Crippen LogP contribution in [0.5, 0.6) is 0 Å². The number of carbonyl (C=O) groups is 3. The van der Waals surface area contributed by atoms with E-state index in [1.165, 1.54) is 0 Å². The van der Waals surface area contributed by atoms with Crippen molar-refractivity contribution in [2.45, 2.75) is 25.3 Å². The summed E-state index contributed by atoms with van der Waals surface area (Å²) in [5, 5.41) is 0.277. The van der Waals surface area contributed by atoms with Crippen LogP contribution in [0, 0.1) is 0 Å². The Morgan fingerprint density at radius 2 is 1.73 bits per heavy atom. The highest BCUT2D eigenvalue weighted by Crippen LogP contribution is 2.33. The summed E-state index contributed by atoms with van der Waals surface area (Å²) in [6.07, 6.45) is 2.27. The Morgan fingerprint density at radius 3 is 2.54 bits per heavy atom. The Labute approximate surface area is 156 Å². The number of piperidine rings is 1. The summed E-state index contributed by atoms with van der Waals surface area (Å²) >= 11 is 6.18. The van der Waals surface area contributed by atoms with Crippen molar-refractivity contribution in [3.05, 3.63) is 64.7 Å². The molecule has 0 bridgehead atoms. The third kappa shape index (κ3) is 2.59. The Hall–Kier alpha value is -2.66. The molecule has 0 N–H and O–H groups in total. The Balaban J connectivity index is 1.88. The smallest absolute Gasteiger partial charge is 0.266 e. The molecule has 1 fully saturated rings. The number of fused-ring (bicyclic) bond motifs is 2. The van der Waals surface area contributed by atoms with E-state index in [9.17, 15) is 14.4 Å². The molecule has 2 aliphatic rings. The van der Waals surface area contributed by atoms with Gasteiger partial charge in [-0.05, 0) is 43.5 Å². The fourth-order valence-electron chi connectivity index (χ4n) is 3.67. The standard InChI is InChI=1S/C20H17ClN2O3/c21-15-9-3-1-7-13(15)19(25)23-16-10-4-2-8-14(16)18(24)22-12-6-5-11-17(22)20(23)26/h1-4,7-10,17H,5-6,11-12H2. The highest BCUT2D eigenvalue weighted by Gasteiger charge is 2.43. The van der Waals surface area contributed by atoms with Crippen molar-refractivity contribution in [3.63, 3.8) is 0 Å². The zero-order valence-corrected chi connectivity index (χ0v) is 14.8. The minimum atomic E-state index is -0.616. The average Bonchev–Trinajstić information content (AvgIpc) is 2.76. The quantitative estimate of drug-likeness (QED) is 0.723. The first-order chi connectivity index (χ1) is 12.6. The molecule has 0 saturated carbocycles. The molecular weight excluding hydrogens is 352 g/mol. The van der Waals surface area contributed by atoms with Crippen LogP contribution in [0.4, 0.5) is 5.69 Å². The number of carbonyl (C=O) groups excluding carboxylic acids is 3. The topological polar surface area (TPSA) is 57.7 Å². The monoisotopic (exact) mass is 368 g/mol. The number of hydrogen-bond acceptors (Lipinski definition) is 3. The van der Waals surface area contributed by atoms with E-state index in [4.69, 9.17) is 11.6 Å². The van der Waals surface area contributed by atoms with Crippen molar-refractivity contribution in [1.82, 2.24) is 4.90 Å². The summed E-state index contributed by atoms with van der Waals surface area (Å²) in [5.74, 6) is -1.07. The Morgan fingerprint density at radius 1 is 1.00 bits per heavy atom. The number of benzene rings is 2. The van der Waals surface area contributed by atoms with Gasteiger partial charge in [0.2, 0.25) is 0 Å². The molecule has 0 aliphatic carbocycles. The van der Waals surface area contributed by atoms with Crippen molar-refractivity contribution in [2.75, 3.05) is 11.4 Å². The van der Waals surface area contributed by atoms with E-state index < -0.39 is 11.9 Å². The van der Waals surface area contributed by atoms with Gasteiger partial charge in [-0.2, -0.15) is 0 Å². The molecule has 0 radical (unpaired) electrons. The van der Waals surface area contributed by atoms with Gasteiger partial charge in [-0.15, -0.1) is 0 Å². The number of halogens is 1. The number of rotatable bonds is 1. The Bertz CT molecular complexity index is 911. The normalized spacial score (nSPS) is 19.7. The van der Waals surface area contributed by atoms with E-state index in [0.717, 1.165) is 17.7 Å².